The molecule has 7 heteroatoms. The van der Waals surface area contributed by atoms with Crippen LogP contribution in [0.5, 0.6) is 0 Å². The highest BCUT2D eigenvalue weighted by molar-refractivity contribution is 7.89. The van der Waals surface area contributed by atoms with Gasteiger partial charge in [-0.25, -0.2) is 8.42 Å². The Hall–Kier alpha value is -1.08. The first-order valence-corrected chi connectivity index (χ1v) is 8.63. The summed E-state index contributed by atoms with van der Waals surface area (Å²) >= 11 is 0. The lowest BCUT2D eigenvalue weighted by Gasteiger charge is -2.35. The molecule has 20 heavy (non-hydrogen) atoms. The summed E-state index contributed by atoms with van der Waals surface area (Å²) in [5.74, 6) is 0.466. The standard InChI is InChI=1S/C13H24N4O2S/c1-4-17-9-12(13(14)15-17)20(18,19)16(3)11-8-6-5-7-10(11)2/h9-11H,4-8H2,1-3H3,(H2,14,15). The van der Waals surface area contributed by atoms with Crippen molar-refractivity contribution in [1.82, 2.24) is 14.1 Å². The predicted molar refractivity (Wildman–Crippen MR) is 78.7 cm³/mol. The van der Waals surface area contributed by atoms with Gasteiger partial charge in [0.1, 0.15) is 4.90 Å². The Kier molecular flexibility index (Phi) is 4.39. The maximum absolute atomic E-state index is 12.7. The molecule has 1 aliphatic carbocycles. The summed E-state index contributed by atoms with van der Waals surface area (Å²) in [6, 6.07) is 0.0538. The first kappa shape index (κ1) is 15.3. The lowest BCUT2D eigenvalue weighted by Crippen LogP contribution is -2.42. The Morgan fingerprint density at radius 2 is 2.10 bits per heavy atom. The Morgan fingerprint density at radius 1 is 1.45 bits per heavy atom. The van der Waals surface area contributed by atoms with Gasteiger partial charge in [-0.1, -0.05) is 19.8 Å². The second-order valence-electron chi connectivity index (χ2n) is 5.58. The van der Waals surface area contributed by atoms with Crippen LogP contribution in [0.3, 0.4) is 0 Å². The van der Waals surface area contributed by atoms with Gasteiger partial charge in [-0.15, -0.1) is 0 Å². The number of hydrogen-bond donors (Lipinski definition) is 1. The van der Waals surface area contributed by atoms with E-state index in [0.717, 1.165) is 19.3 Å². The number of nitrogen functional groups attached to an aromatic ring is 1. The molecule has 1 saturated carbocycles. The van der Waals surface area contributed by atoms with Crippen LogP contribution in [0.2, 0.25) is 0 Å². The molecule has 2 atom stereocenters. The maximum Gasteiger partial charge on any atom is 0.248 e. The number of sulfonamides is 1. The molecule has 0 amide bonds. The molecule has 6 nitrogen and oxygen atoms in total. The van der Waals surface area contributed by atoms with Crippen LogP contribution in [0.4, 0.5) is 5.82 Å². The van der Waals surface area contributed by atoms with Crippen LogP contribution >= 0.6 is 0 Å². The Morgan fingerprint density at radius 3 is 2.65 bits per heavy atom. The third kappa shape index (κ3) is 2.69. The van der Waals surface area contributed by atoms with Gasteiger partial charge in [0.05, 0.1) is 0 Å². The first-order chi connectivity index (χ1) is 9.37. The zero-order valence-electron chi connectivity index (χ0n) is 12.4. The number of hydrogen-bond acceptors (Lipinski definition) is 4. The van der Waals surface area contributed by atoms with E-state index in [0.29, 0.717) is 12.5 Å². The third-order valence-electron chi connectivity index (χ3n) is 4.27. The van der Waals surface area contributed by atoms with Gasteiger partial charge < -0.3 is 5.73 Å². The highest BCUT2D eigenvalue weighted by Crippen LogP contribution is 2.31. The molecule has 2 N–H and O–H groups in total. The predicted octanol–water partition coefficient (Wildman–Crippen LogP) is 1.68. The van der Waals surface area contributed by atoms with E-state index in [1.165, 1.54) is 16.9 Å². The summed E-state index contributed by atoms with van der Waals surface area (Å²) in [7, 11) is -1.91. The number of rotatable bonds is 4. The van der Waals surface area contributed by atoms with Crippen molar-refractivity contribution in [1.29, 1.82) is 0 Å². The van der Waals surface area contributed by atoms with Crippen LogP contribution in [0.25, 0.3) is 0 Å². The lowest BCUT2D eigenvalue weighted by atomic mass is 9.86. The number of aromatic nitrogens is 2. The van der Waals surface area contributed by atoms with E-state index in [9.17, 15) is 8.42 Å². The smallest absolute Gasteiger partial charge is 0.248 e. The first-order valence-electron chi connectivity index (χ1n) is 7.19. The van der Waals surface area contributed by atoms with Crippen molar-refractivity contribution in [2.75, 3.05) is 12.8 Å². The summed E-state index contributed by atoms with van der Waals surface area (Å²) in [5.41, 5.74) is 5.77. The second-order valence-corrected chi connectivity index (χ2v) is 7.55. The van der Waals surface area contributed by atoms with Gasteiger partial charge in [-0.2, -0.15) is 9.40 Å². The summed E-state index contributed by atoms with van der Waals surface area (Å²) in [6.07, 6.45) is 5.78. The fourth-order valence-electron chi connectivity index (χ4n) is 2.95. The summed E-state index contributed by atoms with van der Waals surface area (Å²) in [4.78, 5) is 0.125. The molecule has 0 saturated heterocycles. The fourth-order valence-corrected chi connectivity index (χ4v) is 4.49. The molecule has 0 aliphatic heterocycles. The van der Waals surface area contributed by atoms with Crippen molar-refractivity contribution >= 4 is 15.8 Å². The van der Waals surface area contributed by atoms with E-state index >= 15 is 0 Å². The van der Waals surface area contributed by atoms with Crippen molar-refractivity contribution in [3.63, 3.8) is 0 Å². The number of nitrogens with two attached hydrogens (primary N) is 1. The van der Waals surface area contributed by atoms with Crippen LogP contribution in [0.1, 0.15) is 39.5 Å². The van der Waals surface area contributed by atoms with Gasteiger partial charge in [0.25, 0.3) is 0 Å². The molecule has 1 heterocycles. The van der Waals surface area contributed by atoms with Crippen molar-refractivity contribution in [2.24, 2.45) is 5.92 Å². The molecule has 2 unspecified atom stereocenters. The molecule has 0 radical (unpaired) electrons. The van der Waals surface area contributed by atoms with Gasteiger partial charge in [-0.05, 0) is 25.7 Å². The monoisotopic (exact) mass is 300 g/mol. The zero-order chi connectivity index (χ0) is 14.9. The van der Waals surface area contributed by atoms with E-state index in [1.807, 2.05) is 6.92 Å². The quantitative estimate of drug-likeness (QED) is 0.917. The minimum absolute atomic E-state index is 0.0538. The van der Waals surface area contributed by atoms with E-state index in [4.69, 9.17) is 5.73 Å². The van der Waals surface area contributed by atoms with Crippen molar-refractivity contribution in [3.8, 4) is 0 Å². The van der Waals surface area contributed by atoms with Gasteiger partial charge in [0, 0.05) is 25.8 Å². The normalized spacial score (nSPS) is 24.2. The van der Waals surface area contributed by atoms with Crippen LogP contribution in [-0.2, 0) is 16.6 Å². The van der Waals surface area contributed by atoms with Crippen molar-refractivity contribution in [3.05, 3.63) is 6.20 Å². The molecule has 1 aliphatic rings. The average Bonchev–Trinajstić information content (AvgIpc) is 2.80. The van der Waals surface area contributed by atoms with Gasteiger partial charge in [-0.3, -0.25) is 4.68 Å². The average molecular weight is 300 g/mol. The molecule has 0 spiro atoms. The minimum Gasteiger partial charge on any atom is -0.381 e. The Labute approximate surface area is 121 Å². The topological polar surface area (TPSA) is 81.2 Å². The zero-order valence-corrected chi connectivity index (χ0v) is 13.2. The molecule has 2 rings (SSSR count). The van der Waals surface area contributed by atoms with Crippen LogP contribution in [-0.4, -0.2) is 35.6 Å². The van der Waals surface area contributed by atoms with Crippen LogP contribution in [0.15, 0.2) is 11.1 Å². The molecular formula is C13H24N4O2S. The number of nitrogens with zero attached hydrogens (tertiary/aromatic N) is 3. The molecule has 1 aromatic heterocycles. The molecule has 114 valence electrons. The summed E-state index contributed by atoms with van der Waals surface area (Å²) in [5, 5.41) is 4.03. The van der Waals surface area contributed by atoms with Gasteiger partial charge in [0.15, 0.2) is 5.82 Å². The minimum atomic E-state index is -3.57. The summed E-state index contributed by atoms with van der Waals surface area (Å²) in [6.45, 7) is 4.62. The largest absolute Gasteiger partial charge is 0.381 e. The molecular weight excluding hydrogens is 276 g/mol. The van der Waals surface area contributed by atoms with E-state index in [-0.39, 0.29) is 16.8 Å². The van der Waals surface area contributed by atoms with Crippen LogP contribution < -0.4 is 5.73 Å². The maximum atomic E-state index is 12.7. The fraction of sp³-hybridized carbons (Fsp3) is 0.769. The van der Waals surface area contributed by atoms with E-state index < -0.39 is 10.0 Å². The van der Waals surface area contributed by atoms with Gasteiger partial charge in [0.2, 0.25) is 10.0 Å². The lowest BCUT2D eigenvalue weighted by molar-refractivity contribution is 0.213. The number of anilines is 1. The molecule has 0 bridgehead atoms. The molecule has 1 aromatic rings. The number of aryl methyl sites for hydroxylation is 1. The van der Waals surface area contributed by atoms with Gasteiger partial charge >= 0.3 is 0 Å². The van der Waals surface area contributed by atoms with E-state index in [2.05, 4.69) is 12.0 Å². The Bertz CT molecular complexity index is 567. The van der Waals surface area contributed by atoms with Crippen LogP contribution in [0, 0.1) is 5.92 Å². The molecule has 0 aromatic carbocycles. The van der Waals surface area contributed by atoms with Crippen molar-refractivity contribution in [2.45, 2.75) is 57.0 Å². The summed E-state index contributed by atoms with van der Waals surface area (Å²) < 4.78 is 28.5. The highest BCUT2D eigenvalue weighted by atomic mass is 32.2. The van der Waals surface area contributed by atoms with Crippen molar-refractivity contribution < 1.29 is 8.42 Å². The highest BCUT2D eigenvalue weighted by Gasteiger charge is 2.35. The Balaban J connectivity index is 2.31. The molecule has 1 fully saturated rings. The van der Waals surface area contributed by atoms with E-state index in [1.54, 1.807) is 11.7 Å². The third-order valence-corrected chi connectivity index (χ3v) is 6.17. The SMILES string of the molecule is CCn1cc(S(=O)(=O)N(C)C2CCCCC2C)c(N)n1. The second kappa shape index (κ2) is 5.73.